The molecule has 0 aliphatic rings. The molecule has 33 heavy (non-hydrogen) atoms. The van der Waals surface area contributed by atoms with Gasteiger partial charge in [0.1, 0.15) is 0 Å². The molecule has 0 fully saturated rings. The Labute approximate surface area is 217 Å². The van der Waals surface area contributed by atoms with E-state index in [1.807, 2.05) is 0 Å². The van der Waals surface area contributed by atoms with E-state index in [0.29, 0.717) is 26.2 Å². The molecule has 0 aromatic heterocycles. The average molecular weight is 567 g/mol. The number of carbonyl (C=O) groups excluding carboxylic acids is 1. The van der Waals surface area contributed by atoms with Gasteiger partial charge in [0.2, 0.25) is 15.9 Å². The van der Waals surface area contributed by atoms with Crippen LogP contribution in [0.25, 0.3) is 0 Å². The van der Waals surface area contributed by atoms with Crippen LogP contribution in [0.1, 0.15) is 11.1 Å². The van der Waals surface area contributed by atoms with Crippen molar-refractivity contribution < 1.29 is 13.2 Å². The van der Waals surface area contributed by atoms with E-state index in [0.717, 1.165) is 4.31 Å². The van der Waals surface area contributed by atoms with Crippen molar-refractivity contribution in [2.24, 2.45) is 0 Å². The van der Waals surface area contributed by atoms with Crippen LogP contribution in [-0.4, -0.2) is 25.2 Å². The molecule has 0 bridgehead atoms. The summed E-state index contributed by atoms with van der Waals surface area (Å²) >= 11 is 30.4. The minimum absolute atomic E-state index is 0.0244. The van der Waals surface area contributed by atoms with Gasteiger partial charge in [0.25, 0.3) is 0 Å². The van der Waals surface area contributed by atoms with Gasteiger partial charge in [-0.3, -0.25) is 4.79 Å². The Kier molecular flexibility index (Phi) is 8.92. The fourth-order valence-corrected chi connectivity index (χ4v) is 5.40. The third-order valence-corrected chi connectivity index (χ3v) is 8.01. The second kappa shape index (κ2) is 11.3. The zero-order valence-electron chi connectivity index (χ0n) is 16.9. The first-order valence-electron chi connectivity index (χ1n) is 9.47. The van der Waals surface area contributed by atoms with Gasteiger partial charge in [-0.15, -0.1) is 0 Å². The molecule has 3 rings (SSSR count). The average Bonchev–Trinajstić information content (AvgIpc) is 2.75. The van der Waals surface area contributed by atoms with E-state index in [1.165, 1.54) is 24.3 Å². The minimum atomic E-state index is -4.09. The van der Waals surface area contributed by atoms with E-state index in [9.17, 15) is 13.2 Å². The number of carbonyl (C=O) groups is 1. The van der Waals surface area contributed by atoms with E-state index in [2.05, 4.69) is 5.32 Å². The van der Waals surface area contributed by atoms with Crippen molar-refractivity contribution in [3.05, 3.63) is 96.9 Å². The van der Waals surface area contributed by atoms with Crippen LogP contribution in [0.15, 0.2) is 65.6 Å². The molecule has 0 saturated heterocycles. The summed E-state index contributed by atoms with van der Waals surface area (Å²) in [6, 6.07) is 15.4. The molecule has 0 saturated carbocycles. The van der Waals surface area contributed by atoms with Crippen LogP contribution in [0.5, 0.6) is 0 Å². The lowest BCUT2D eigenvalue weighted by atomic mass is 10.2. The molecule has 0 heterocycles. The lowest BCUT2D eigenvalue weighted by Gasteiger charge is -2.23. The number of nitrogens with one attached hydrogen (secondary N) is 1. The summed E-state index contributed by atoms with van der Waals surface area (Å²) in [6.45, 7) is -0.590. The molecule has 5 nitrogen and oxygen atoms in total. The first-order valence-corrected chi connectivity index (χ1v) is 12.8. The molecule has 1 amide bonds. The van der Waals surface area contributed by atoms with Crippen molar-refractivity contribution >= 4 is 73.9 Å². The number of rotatable bonds is 8. The first kappa shape index (κ1) is 26.1. The van der Waals surface area contributed by atoms with E-state index < -0.39 is 22.5 Å². The second-order valence-corrected chi connectivity index (χ2v) is 11.0. The van der Waals surface area contributed by atoms with Crippen LogP contribution >= 0.6 is 58.0 Å². The summed E-state index contributed by atoms with van der Waals surface area (Å²) < 4.78 is 27.7. The Hall–Kier alpha value is -1.51. The van der Waals surface area contributed by atoms with Gasteiger partial charge in [0.05, 0.1) is 11.4 Å². The zero-order valence-corrected chi connectivity index (χ0v) is 21.5. The van der Waals surface area contributed by atoms with Crippen molar-refractivity contribution in [2.45, 2.75) is 18.0 Å². The molecule has 0 unspecified atom stereocenters. The Morgan fingerprint density at radius 1 is 0.818 bits per heavy atom. The number of hydrogen-bond donors (Lipinski definition) is 1. The molecule has 0 spiro atoms. The number of amides is 1. The standard InChI is InChI=1S/C22H17Cl5N2O3S/c23-15-6-8-17(9-7-15)33(31,32)29(12-18-19(25)2-1-3-20(18)26)13-22(30)28-11-14-4-5-16(24)10-21(14)27/h1-10H,11-13H2,(H,28,30). The fraction of sp³-hybridized carbons (Fsp3) is 0.136. The van der Waals surface area contributed by atoms with Crippen molar-refractivity contribution in [1.29, 1.82) is 0 Å². The Balaban J connectivity index is 1.86. The van der Waals surface area contributed by atoms with Gasteiger partial charge in [-0.05, 0) is 54.1 Å². The van der Waals surface area contributed by atoms with E-state index in [1.54, 1.807) is 36.4 Å². The molecule has 174 valence electrons. The van der Waals surface area contributed by atoms with Gasteiger partial charge in [0, 0.05) is 43.8 Å². The van der Waals surface area contributed by atoms with Crippen LogP contribution in [0, 0.1) is 0 Å². The zero-order chi connectivity index (χ0) is 24.2. The van der Waals surface area contributed by atoms with Crippen molar-refractivity contribution in [2.75, 3.05) is 6.54 Å². The maximum atomic E-state index is 13.4. The number of sulfonamides is 1. The fourth-order valence-electron chi connectivity index (χ4n) is 2.92. The predicted octanol–water partition coefficient (Wildman–Crippen LogP) is 6.46. The highest BCUT2D eigenvalue weighted by Crippen LogP contribution is 2.28. The van der Waals surface area contributed by atoms with E-state index in [-0.39, 0.29) is 28.0 Å². The lowest BCUT2D eigenvalue weighted by molar-refractivity contribution is -0.121. The molecule has 0 atom stereocenters. The molecule has 0 aliphatic carbocycles. The van der Waals surface area contributed by atoms with Gasteiger partial charge >= 0.3 is 0 Å². The molecule has 11 heteroatoms. The van der Waals surface area contributed by atoms with E-state index in [4.69, 9.17) is 58.0 Å². The summed E-state index contributed by atoms with van der Waals surface area (Å²) in [7, 11) is -4.09. The SMILES string of the molecule is O=C(CN(Cc1c(Cl)cccc1Cl)S(=O)(=O)c1ccc(Cl)cc1)NCc1ccc(Cl)cc1Cl. The smallest absolute Gasteiger partial charge is 0.243 e. The molecule has 0 radical (unpaired) electrons. The van der Waals surface area contributed by atoms with Crippen LogP contribution in [0.3, 0.4) is 0 Å². The van der Waals surface area contributed by atoms with Crippen molar-refractivity contribution in [3.8, 4) is 0 Å². The Morgan fingerprint density at radius 3 is 2.03 bits per heavy atom. The van der Waals surface area contributed by atoms with Gasteiger partial charge in [-0.1, -0.05) is 70.1 Å². The van der Waals surface area contributed by atoms with Crippen LogP contribution in [-0.2, 0) is 27.9 Å². The first-order chi connectivity index (χ1) is 15.6. The monoisotopic (exact) mass is 564 g/mol. The minimum Gasteiger partial charge on any atom is -0.351 e. The third kappa shape index (κ3) is 6.76. The largest absolute Gasteiger partial charge is 0.351 e. The van der Waals surface area contributed by atoms with Gasteiger partial charge in [-0.25, -0.2) is 8.42 Å². The van der Waals surface area contributed by atoms with Gasteiger partial charge in [0.15, 0.2) is 0 Å². The number of nitrogens with zero attached hydrogens (tertiary/aromatic N) is 1. The highest BCUT2D eigenvalue weighted by molar-refractivity contribution is 7.89. The van der Waals surface area contributed by atoms with Crippen molar-refractivity contribution in [3.63, 3.8) is 0 Å². The van der Waals surface area contributed by atoms with E-state index >= 15 is 0 Å². The summed E-state index contributed by atoms with van der Waals surface area (Å²) in [6.07, 6.45) is 0. The van der Waals surface area contributed by atoms with Crippen LogP contribution < -0.4 is 5.32 Å². The maximum Gasteiger partial charge on any atom is 0.243 e. The van der Waals surface area contributed by atoms with Crippen LogP contribution in [0.2, 0.25) is 25.1 Å². The Morgan fingerprint density at radius 2 is 1.42 bits per heavy atom. The van der Waals surface area contributed by atoms with Crippen LogP contribution in [0.4, 0.5) is 0 Å². The van der Waals surface area contributed by atoms with Crippen molar-refractivity contribution in [1.82, 2.24) is 9.62 Å². The Bertz CT molecular complexity index is 1250. The maximum absolute atomic E-state index is 13.4. The highest BCUT2D eigenvalue weighted by Gasteiger charge is 2.28. The molecule has 3 aromatic carbocycles. The number of benzene rings is 3. The number of hydrogen-bond acceptors (Lipinski definition) is 3. The summed E-state index contributed by atoms with van der Waals surface area (Å²) in [5, 5.41) is 4.48. The second-order valence-electron chi connectivity index (χ2n) is 6.94. The normalized spacial score (nSPS) is 11.6. The molecular weight excluding hydrogens is 550 g/mol. The van der Waals surface area contributed by atoms with Gasteiger partial charge in [-0.2, -0.15) is 4.31 Å². The molecule has 3 aromatic rings. The summed E-state index contributed by atoms with van der Waals surface area (Å²) in [4.78, 5) is 12.7. The predicted molar refractivity (Wildman–Crippen MR) is 134 cm³/mol. The third-order valence-electron chi connectivity index (χ3n) is 4.66. The summed E-state index contributed by atoms with van der Waals surface area (Å²) in [5.74, 6) is -0.540. The van der Waals surface area contributed by atoms with Gasteiger partial charge < -0.3 is 5.32 Å². The number of halogens is 5. The summed E-state index contributed by atoms with van der Waals surface area (Å²) in [5.41, 5.74) is 1.02. The quantitative estimate of drug-likeness (QED) is 0.340. The topological polar surface area (TPSA) is 66.5 Å². The lowest BCUT2D eigenvalue weighted by Crippen LogP contribution is -2.40. The molecular formula is C22H17Cl5N2O3S. The molecule has 1 N–H and O–H groups in total. The molecule has 0 aliphatic heterocycles. The highest BCUT2D eigenvalue weighted by atomic mass is 35.5.